The lowest BCUT2D eigenvalue weighted by Crippen LogP contribution is -2.47. The lowest BCUT2D eigenvalue weighted by atomic mass is 9.95. The van der Waals surface area contributed by atoms with Crippen LogP contribution < -0.4 is 20.3 Å². The maximum absolute atomic E-state index is 14.3. The Hall–Kier alpha value is -5.92. The molecule has 5 heterocycles. The molecule has 3 aromatic heterocycles. The van der Waals surface area contributed by atoms with Crippen LogP contribution in [0.2, 0.25) is 0 Å². The molecular weight excluding hydrogens is 701 g/mol. The Bertz CT molecular complexity index is 2300. The van der Waals surface area contributed by atoms with E-state index in [1.165, 1.54) is 25.5 Å². The number of nitrogens with one attached hydrogen (secondary N) is 2. The maximum Gasteiger partial charge on any atom is 0.255 e. The molecule has 2 fully saturated rings. The number of benzene rings is 3. The van der Waals surface area contributed by atoms with Crippen molar-refractivity contribution in [1.29, 1.82) is 0 Å². The number of nitrogens with zero attached hydrogens (tertiary/aromatic N) is 7. The van der Waals surface area contributed by atoms with Crippen LogP contribution in [0.15, 0.2) is 97.3 Å². The number of ether oxygens (including phenoxy) is 1. The van der Waals surface area contributed by atoms with Gasteiger partial charge in [0.2, 0.25) is 5.95 Å². The van der Waals surface area contributed by atoms with E-state index >= 15 is 0 Å². The highest BCUT2D eigenvalue weighted by atomic mass is 19.1. The maximum atomic E-state index is 14.3. The van der Waals surface area contributed by atoms with Crippen LogP contribution >= 0.6 is 0 Å². The number of amides is 1. The molecule has 0 aliphatic carbocycles. The van der Waals surface area contributed by atoms with Gasteiger partial charge in [0.25, 0.3) is 5.91 Å². The van der Waals surface area contributed by atoms with Crippen LogP contribution in [0.5, 0.6) is 5.75 Å². The van der Waals surface area contributed by atoms with Crippen LogP contribution in [0.4, 0.5) is 31.8 Å². The molecule has 8 rings (SSSR count). The van der Waals surface area contributed by atoms with E-state index in [0.29, 0.717) is 40.0 Å². The fraction of sp³-hybridized carbons (Fsp3) is 0.286. The molecule has 1 amide bonds. The lowest BCUT2D eigenvalue weighted by molar-refractivity contribution is 0.102. The highest BCUT2D eigenvalue weighted by molar-refractivity contribution is 6.05. The molecule has 0 unspecified atom stereocenters. The number of para-hydroxylation sites is 1. The number of likely N-dealkylation sites (N-methyl/N-ethyl adjacent to an activating group) is 1. The summed E-state index contributed by atoms with van der Waals surface area (Å²) >= 11 is 0. The van der Waals surface area contributed by atoms with Gasteiger partial charge in [0.05, 0.1) is 29.9 Å². The Kier molecular flexibility index (Phi) is 10.4. The number of piperazine rings is 1. The number of anilines is 4. The normalized spacial score (nSPS) is 15.7. The number of aromatic nitrogens is 4. The third-order valence-corrected chi connectivity index (χ3v) is 10.6. The first-order valence-corrected chi connectivity index (χ1v) is 18.6. The van der Waals surface area contributed by atoms with Crippen molar-refractivity contribution in [1.82, 2.24) is 29.2 Å². The van der Waals surface area contributed by atoms with Gasteiger partial charge >= 0.3 is 0 Å². The van der Waals surface area contributed by atoms with Gasteiger partial charge in [0.1, 0.15) is 28.7 Å². The number of pyridine rings is 1. The zero-order valence-electron chi connectivity index (χ0n) is 30.9. The molecule has 0 spiro atoms. The largest absolute Gasteiger partial charge is 0.494 e. The van der Waals surface area contributed by atoms with Crippen molar-refractivity contribution in [3.8, 4) is 28.4 Å². The molecular formula is C42H43F2N9O2. The van der Waals surface area contributed by atoms with Gasteiger partial charge < -0.3 is 30.1 Å². The molecule has 13 heteroatoms. The number of hydrogen-bond donors (Lipinski definition) is 2. The number of hydrogen-bond acceptors (Lipinski definition) is 9. The van der Waals surface area contributed by atoms with E-state index in [0.717, 1.165) is 68.7 Å². The molecule has 55 heavy (non-hydrogen) atoms. The summed E-state index contributed by atoms with van der Waals surface area (Å²) in [6.45, 7) is 7.83. The second-order valence-corrected chi connectivity index (χ2v) is 14.2. The number of rotatable bonds is 10. The van der Waals surface area contributed by atoms with Crippen LogP contribution in [0, 0.1) is 17.6 Å². The average Bonchev–Trinajstić information content (AvgIpc) is 3.61. The standard InChI is InChI=1S/C42H43F2N9O2/c1-50-21-23-51(24-22-50)27-28-15-19-52(20-16-28)31-12-13-34(36(26-31)55-2)46-42-45-17-14-35(47-42)40-38(48-37-11-3-4-18-53(37)40)29-7-5-8-30(25-29)41(54)49-39-32(43)9-6-10-33(39)44/h3-14,17-18,25-26,28H,15-16,19-24,27H2,1-2H3,(H,49,54)(H,45,46,47). The third kappa shape index (κ3) is 7.84. The fourth-order valence-corrected chi connectivity index (χ4v) is 7.47. The highest BCUT2D eigenvalue weighted by Gasteiger charge is 2.25. The summed E-state index contributed by atoms with van der Waals surface area (Å²) in [4.78, 5) is 35.0. The minimum atomic E-state index is -0.860. The Morgan fingerprint density at radius 1 is 0.873 bits per heavy atom. The molecule has 2 N–H and O–H groups in total. The summed E-state index contributed by atoms with van der Waals surface area (Å²) in [7, 11) is 3.86. The van der Waals surface area contributed by atoms with Gasteiger partial charge in [-0.1, -0.05) is 24.3 Å². The first-order chi connectivity index (χ1) is 26.8. The van der Waals surface area contributed by atoms with E-state index in [4.69, 9.17) is 14.7 Å². The van der Waals surface area contributed by atoms with Gasteiger partial charge in [-0.05, 0) is 80.4 Å². The molecule has 0 saturated carbocycles. The number of fused-ring (bicyclic) bond motifs is 1. The summed E-state index contributed by atoms with van der Waals surface area (Å²) in [6.07, 6.45) is 5.92. The molecule has 3 aromatic carbocycles. The van der Waals surface area contributed by atoms with Crippen molar-refractivity contribution < 1.29 is 18.3 Å². The molecule has 6 aromatic rings. The Balaban J connectivity index is 1.01. The van der Waals surface area contributed by atoms with Crippen molar-refractivity contribution >= 4 is 34.6 Å². The van der Waals surface area contributed by atoms with E-state index in [1.807, 2.05) is 40.9 Å². The van der Waals surface area contributed by atoms with Crippen LogP contribution in [0.3, 0.4) is 0 Å². The van der Waals surface area contributed by atoms with Crippen molar-refractivity contribution in [2.24, 2.45) is 5.92 Å². The number of carbonyl (C=O) groups is 1. The van der Waals surface area contributed by atoms with Gasteiger partial charge in [0.15, 0.2) is 0 Å². The van der Waals surface area contributed by atoms with Crippen molar-refractivity contribution in [2.75, 3.05) is 75.5 Å². The molecule has 2 aliphatic rings. The van der Waals surface area contributed by atoms with Crippen molar-refractivity contribution in [3.05, 3.63) is 115 Å². The highest BCUT2D eigenvalue weighted by Crippen LogP contribution is 2.36. The van der Waals surface area contributed by atoms with Crippen LogP contribution in [0.25, 0.3) is 28.3 Å². The van der Waals surface area contributed by atoms with Crippen LogP contribution in [-0.2, 0) is 0 Å². The van der Waals surface area contributed by atoms with Gasteiger partial charge in [-0.25, -0.2) is 23.7 Å². The van der Waals surface area contributed by atoms with E-state index in [2.05, 4.69) is 49.5 Å². The zero-order valence-corrected chi connectivity index (χ0v) is 30.9. The predicted octanol–water partition coefficient (Wildman–Crippen LogP) is 7.20. The lowest BCUT2D eigenvalue weighted by Gasteiger charge is -2.38. The minimum absolute atomic E-state index is 0.207. The SMILES string of the molecule is COc1cc(N2CCC(CN3CCN(C)CC3)CC2)ccc1Nc1nccc(-c2c(-c3cccc(C(=O)Nc4c(F)cccc4F)c3)nc3ccccn23)n1. The third-order valence-electron chi connectivity index (χ3n) is 10.6. The number of methoxy groups -OCH3 is 1. The van der Waals surface area contributed by atoms with Gasteiger partial charge in [0, 0.05) is 81.1 Å². The number of carbonyl (C=O) groups excluding carboxylic acids is 1. The Morgan fingerprint density at radius 2 is 1.65 bits per heavy atom. The molecule has 0 bridgehead atoms. The second kappa shape index (κ2) is 15.8. The summed E-state index contributed by atoms with van der Waals surface area (Å²) in [5.41, 5.74) is 4.68. The molecule has 282 valence electrons. The Labute approximate surface area is 318 Å². The number of piperidine rings is 1. The zero-order chi connectivity index (χ0) is 37.9. The van der Waals surface area contributed by atoms with Crippen molar-refractivity contribution in [3.63, 3.8) is 0 Å². The smallest absolute Gasteiger partial charge is 0.255 e. The van der Waals surface area contributed by atoms with E-state index in [1.54, 1.807) is 37.6 Å². The quantitative estimate of drug-likeness (QED) is 0.151. The van der Waals surface area contributed by atoms with Crippen molar-refractivity contribution in [2.45, 2.75) is 12.8 Å². The van der Waals surface area contributed by atoms with E-state index in [-0.39, 0.29) is 5.56 Å². The second-order valence-electron chi connectivity index (χ2n) is 14.2. The first-order valence-electron chi connectivity index (χ1n) is 18.6. The number of halogens is 2. The van der Waals surface area contributed by atoms with Gasteiger partial charge in [-0.2, -0.15) is 0 Å². The summed E-state index contributed by atoms with van der Waals surface area (Å²) in [5, 5.41) is 5.72. The molecule has 2 saturated heterocycles. The molecule has 2 aliphatic heterocycles. The molecule has 0 radical (unpaired) electrons. The van der Waals surface area contributed by atoms with E-state index in [9.17, 15) is 13.6 Å². The summed E-state index contributed by atoms with van der Waals surface area (Å²) < 4.78 is 36.4. The summed E-state index contributed by atoms with van der Waals surface area (Å²) in [5.74, 6) is -0.602. The monoisotopic (exact) mass is 743 g/mol. The fourth-order valence-electron chi connectivity index (χ4n) is 7.47. The van der Waals surface area contributed by atoms with Gasteiger partial charge in [-0.3, -0.25) is 9.20 Å². The molecule has 11 nitrogen and oxygen atoms in total. The topological polar surface area (TPSA) is 103 Å². The average molecular weight is 744 g/mol. The van der Waals surface area contributed by atoms with Crippen LogP contribution in [-0.4, -0.2) is 95.0 Å². The molecule has 0 atom stereocenters. The predicted molar refractivity (Wildman–Crippen MR) is 211 cm³/mol. The van der Waals surface area contributed by atoms with Crippen LogP contribution in [0.1, 0.15) is 23.2 Å². The summed E-state index contributed by atoms with van der Waals surface area (Å²) in [6, 6.07) is 23.8. The first kappa shape index (κ1) is 36.1. The number of imidazole rings is 1. The van der Waals surface area contributed by atoms with Gasteiger partial charge in [-0.15, -0.1) is 0 Å². The Morgan fingerprint density at radius 3 is 2.44 bits per heavy atom. The minimum Gasteiger partial charge on any atom is -0.494 e. The van der Waals surface area contributed by atoms with E-state index < -0.39 is 23.2 Å².